The van der Waals surface area contributed by atoms with E-state index in [1.54, 1.807) is 36.4 Å². The standard InChI is InChI=1S/C21H19FN2O3S/c1-26-20-11-15(13-23-24-21(25)12-17-6-4-10-28-17)8-9-19(20)27-14-16-5-2-3-7-18(16)22/h2-11,13H,12,14H2,1H3,(H,24,25)/b23-13-. The number of carbonyl (C=O) groups is 1. The fourth-order valence-electron chi connectivity index (χ4n) is 2.44. The van der Waals surface area contributed by atoms with Crippen LogP contribution in [-0.2, 0) is 17.8 Å². The number of hydrogen-bond acceptors (Lipinski definition) is 5. The van der Waals surface area contributed by atoms with Crippen molar-refractivity contribution >= 4 is 23.5 Å². The monoisotopic (exact) mass is 398 g/mol. The number of benzene rings is 2. The molecule has 3 rings (SSSR count). The highest BCUT2D eigenvalue weighted by atomic mass is 32.1. The number of hydrogen-bond donors (Lipinski definition) is 1. The summed E-state index contributed by atoms with van der Waals surface area (Å²) in [5.74, 6) is 0.480. The van der Waals surface area contributed by atoms with Gasteiger partial charge in [-0.1, -0.05) is 24.3 Å². The van der Waals surface area contributed by atoms with Gasteiger partial charge in [0.15, 0.2) is 11.5 Å². The smallest absolute Gasteiger partial charge is 0.245 e. The van der Waals surface area contributed by atoms with Crippen LogP contribution in [0.4, 0.5) is 4.39 Å². The highest BCUT2D eigenvalue weighted by Gasteiger charge is 2.08. The topological polar surface area (TPSA) is 59.9 Å². The Bertz CT molecular complexity index is 958. The van der Waals surface area contributed by atoms with Crippen molar-refractivity contribution in [2.75, 3.05) is 7.11 Å². The highest BCUT2D eigenvalue weighted by molar-refractivity contribution is 7.10. The second kappa shape index (κ2) is 9.66. The number of nitrogens with zero attached hydrogens (tertiary/aromatic N) is 1. The number of hydrazone groups is 1. The first-order valence-corrected chi connectivity index (χ1v) is 9.42. The van der Waals surface area contributed by atoms with E-state index in [0.29, 0.717) is 23.5 Å². The van der Waals surface area contributed by atoms with Gasteiger partial charge in [-0.25, -0.2) is 9.82 Å². The van der Waals surface area contributed by atoms with Crippen molar-refractivity contribution < 1.29 is 18.7 Å². The molecule has 1 aromatic heterocycles. The van der Waals surface area contributed by atoms with Crippen LogP contribution in [0.5, 0.6) is 11.5 Å². The quantitative estimate of drug-likeness (QED) is 0.458. The lowest BCUT2D eigenvalue weighted by Gasteiger charge is -2.11. The van der Waals surface area contributed by atoms with Crippen LogP contribution in [0.3, 0.4) is 0 Å². The molecule has 1 heterocycles. The van der Waals surface area contributed by atoms with Gasteiger partial charge >= 0.3 is 0 Å². The van der Waals surface area contributed by atoms with Gasteiger partial charge in [0, 0.05) is 10.4 Å². The molecule has 0 spiro atoms. The molecule has 1 N–H and O–H groups in total. The van der Waals surface area contributed by atoms with E-state index in [-0.39, 0.29) is 18.3 Å². The van der Waals surface area contributed by atoms with E-state index in [9.17, 15) is 9.18 Å². The van der Waals surface area contributed by atoms with E-state index in [1.165, 1.54) is 30.7 Å². The number of rotatable bonds is 8. The van der Waals surface area contributed by atoms with Crippen LogP contribution in [-0.4, -0.2) is 19.2 Å². The minimum absolute atomic E-state index is 0.0925. The van der Waals surface area contributed by atoms with Gasteiger partial charge in [0.1, 0.15) is 12.4 Å². The van der Waals surface area contributed by atoms with E-state index in [2.05, 4.69) is 10.5 Å². The Morgan fingerprint density at radius 2 is 2.04 bits per heavy atom. The summed E-state index contributed by atoms with van der Waals surface area (Å²) in [5.41, 5.74) is 3.69. The van der Waals surface area contributed by atoms with Crippen molar-refractivity contribution in [3.8, 4) is 11.5 Å². The number of nitrogens with one attached hydrogen (secondary N) is 1. The Morgan fingerprint density at radius 3 is 2.79 bits per heavy atom. The van der Waals surface area contributed by atoms with E-state index in [4.69, 9.17) is 9.47 Å². The van der Waals surface area contributed by atoms with Gasteiger partial charge in [0.25, 0.3) is 0 Å². The van der Waals surface area contributed by atoms with Gasteiger partial charge < -0.3 is 9.47 Å². The van der Waals surface area contributed by atoms with Crippen molar-refractivity contribution in [1.29, 1.82) is 0 Å². The lowest BCUT2D eigenvalue weighted by Crippen LogP contribution is -2.19. The third kappa shape index (κ3) is 5.40. The van der Waals surface area contributed by atoms with Crippen molar-refractivity contribution in [2.24, 2.45) is 5.10 Å². The van der Waals surface area contributed by atoms with Crippen LogP contribution in [0, 0.1) is 5.82 Å². The fraction of sp³-hybridized carbons (Fsp3) is 0.143. The largest absolute Gasteiger partial charge is 0.493 e. The van der Waals surface area contributed by atoms with Crippen molar-refractivity contribution in [1.82, 2.24) is 5.43 Å². The molecule has 5 nitrogen and oxygen atoms in total. The van der Waals surface area contributed by atoms with Gasteiger partial charge in [0.05, 0.1) is 19.7 Å². The molecular formula is C21H19FN2O3S. The van der Waals surface area contributed by atoms with Crippen molar-refractivity contribution in [3.63, 3.8) is 0 Å². The molecule has 0 radical (unpaired) electrons. The predicted octanol–water partition coefficient (Wildman–Crippen LogP) is 4.17. The average molecular weight is 398 g/mol. The zero-order valence-electron chi connectivity index (χ0n) is 15.2. The zero-order valence-corrected chi connectivity index (χ0v) is 16.0. The molecule has 1 amide bonds. The molecule has 2 aromatic carbocycles. The maximum Gasteiger partial charge on any atom is 0.245 e. The van der Waals surface area contributed by atoms with Crippen LogP contribution < -0.4 is 14.9 Å². The number of ether oxygens (including phenoxy) is 2. The summed E-state index contributed by atoms with van der Waals surface area (Å²) in [5, 5.41) is 5.89. The summed E-state index contributed by atoms with van der Waals surface area (Å²) in [6, 6.07) is 15.5. The van der Waals surface area contributed by atoms with Crippen LogP contribution in [0.15, 0.2) is 65.1 Å². The van der Waals surface area contributed by atoms with Crippen molar-refractivity contribution in [2.45, 2.75) is 13.0 Å². The van der Waals surface area contributed by atoms with Crippen LogP contribution in [0.25, 0.3) is 0 Å². The van der Waals surface area contributed by atoms with Gasteiger partial charge in [-0.2, -0.15) is 5.10 Å². The number of amides is 1. The lowest BCUT2D eigenvalue weighted by atomic mass is 10.2. The molecule has 7 heteroatoms. The van der Waals surface area contributed by atoms with E-state index in [0.717, 1.165) is 10.4 Å². The fourth-order valence-corrected chi connectivity index (χ4v) is 3.15. The van der Waals surface area contributed by atoms with Crippen LogP contribution >= 0.6 is 11.3 Å². The van der Waals surface area contributed by atoms with Crippen LogP contribution in [0.1, 0.15) is 16.0 Å². The number of thiophene rings is 1. The van der Waals surface area contributed by atoms with Gasteiger partial charge in [-0.05, 0) is 41.3 Å². The summed E-state index contributed by atoms with van der Waals surface area (Å²) < 4.78 is 24.7. The molecule has 0 unspecified atom stereocenters. The Balaban J connectivity index is 1.59. The Labute approximate surface area is 166 Å². The minimum atomic E-state index is -0.316. The molecule has 3 aromatic rings. The Morgan fingerprint density at radius 1 is 1.18 bits per heavy atom. The third-order valence-electron chi connectivity index (χ3n) is 3.85. The molecule has 0 atom stereocenters. The van der Waals surface area contributed by atoms with Gasteiger partial charge in [-0.3, -0.25) is 4.79 Å². The van der Waals surface area contributed by atoms with Gasteiger partial charge in [0.2, 0.25) is 5.91 Å². The Kier molecular flexibility index (Phi) is 6.75. The van der Waals surface area contributed by atoms with E-state index >= 15 is 0 Å². The molecule has 144 valence electrons. The average Bonchev–Trinajstić information content (AvgIpc) is 3.20. The second-order valence-electron chi connectivity index (χ2n) is 5.84. The summed E-state index contributed by atoms with van der Waals surface area (Å²) >= 11 is 1.52. The zero-order chi connectivity index (χ0) is 19.8. The van der Waals surface area contributed by atoms with Crippen LogP contribution in [0.2, 0.25) is 0 Å². The number of halogens is 1. The predicted molar refractivity (Wildman–Crippen MR) is 107 cm³/mol. The molecule has 0 fully saturated rings. The summed E-state index contributed by atoms with van der Waals surface area (Å²) in [6.45, 7) is 0.0925. The molecule has 0 saturated heterocycles. The maximum atomic E-state index is 13.7. The third-order valence-corrected chi connectivity index (χ3v) is 4.72. The molecule has 0 aliphatic heterocycles. The molecule has 0 aliphatic rings. The SMILES string of the molecule is COc1cc(/C=N\NC(=O)Cc2cccs2)ccc1OCc1ccccc1F. The van der Waals surface area contributed by atoms with E-state index in [1.807, 2.05) is 17.5 Å². The minimum Gasteiger partial charge on any atom is -0.493 e. The highest BCUT2D eigenvalue weighted by Crippen LogP contribution is 2.28. The summed E-state index contributed by atoms with van der Waals surface area (Å²) in [4.78, 5) is 12.8. The maximum absolute atomic E-state index is 13.7. The second-order valence-corrected chi connectivity index (χ2v) is 6.87. The summed E-state index contributed by atoms with van der Waals surface area (Å²) in [7, 11) is 1.52. The molecule has 28 heavy (non-hydrogen) atoms. The summed E-state index contributed by atoms with van der Waals surface area (Å²) in [6.07, 6.45) is 1.82. The Hall–Kier alpha value is -3.19. The molecule has 0 bridgehead atoms. The first kappa shape index (κ1) is 19.6. The first-order valence-electron chi connectivity index (χ1n) is 8.54. The van der Waals surface area contributed by atoms with Gasteiger partial charge in [-0.15, -0.1) is 11.3 Å². The normalized spacial score (nSPS) is 10.8. The van der Waals surface area contributed by atoms with E-state index < -0.39 is 0 Å². The number of methoxy groups -OCH3 is 1. The van der Waals surface area contributed by atoms with Crippen molar-refractivity contribution in [3.05, 3.63) is 81.8 Å². The number of carbonyl (C=O) groups excluding carboxylic acids is 1. The first-order chi connectivity index (χ1) is 13.7. The lowest BCUT2D eigenvalue weighted by molar-refractivity contribution is -0.120. The molecule has 0 aliphatic carbocycles. The molecule has 0 saturated carbocycles. The molecular weight excluding hydrogens is 379 g/mol.